The second kappa shape index (κ2) is 5.16. The zero-order valence-corrected chi connectivity index (χ0v) is 11.9. The number of fused-ring (bicyclic) bond motifs is 1. The van der Waals surface area contributed by atoms with Crippen molar-refractivity contribution in [2.75, 3.05) is 6.61 Å². The summed E-state index contributed by atoms with van der Waals surface area (Å²) in [5.74, 6) is -0.662. The fourth-order valence-electron chi connectivity index (χ4n) is 3.63. The fourth-order valence-corrected chi connectivity index (χ4v) is 3.63. The lowest BCUT2D eigenvalue weighted by Gasteiger charge is -2.25. The van der Waals surface area contributed by atoms with Crippen molar-refractivity contribution in [1.82, 2.24) is 0 Å². The lowest BCUT2D eigenvalue weighted by atomic mass is 9.88. The van der Waals surface area contributed by atoms with Crippen molar-refractivity contribution in [3.8, 4) is 0 Å². The normalized spacial score (nSPS) is 35.5. The van der Waals surface area contributed by atoms with Crippen LogP contribution >= 0.6 is 0 Å². The van der Waals surface area contributed by atoms with Crippen LogP contribution in [0, 0.1) is 17.8 Å². The molecule has 2 bridgehead atoms. The highest BCUT2D eigenvalue weighted by atomic mass is 16.6. The minimum absolute atomic E-state index is 0.00297. The van der Waals surface area contributed by atoms with Crippen LogP contribution in [0.15, 0.2) is 12.2 Å². The third-order valence-corrected chi connectivity index (χ3v) is 4.57. The van der Waals surface area contributed by atoms with Gasteiger partial charge in [-0.15, -0.1) is 0 Å². The predicted octanol–water partition coefficient (Wildman–Crippen LogP) is 0.989. The quantitative estimate of drug-likeness (QED) is 0.427. The van der Waals surface area contributed by atoms with Gasteiger partial charge in [0.05, 0.1) is 12.3 Å². The van der Waals surface area contributed by atoms with Crippen molar-refractivity contribution >= 4 is 17.9 Å². The molecule has 0 N–H and O–H groups in total. The Kier molecular flexibility index (Phi) is 3.47. The topological polar surface area (TPSA) is 78.9 Å². The van der Waals surface area contributed by atoms with Crippen LogP contribution in [-0.4, -0.2) is 36.7 Å². The summed E-state index contributed by atoms with van der Waals surface area (Å²) in [6.45, 7) is 4.97. The second-order valence-electron chi connectivity index (χ2n) is 6.02. The highest BCUT2D eigenvalue weighted by Gasteiger charge is 2.63. The van der Waals surface area contributed by atoms with Gasteiger partial charge < -0.3 is 14.2 Å². The Labute approximate surface area is 122 Å². The van der Waals surface area contributed by atoms with Crippen molar-refractivity contribution in [1.29, 1.82) is 0 Å². The van der Waals surface area contributed by atoms with Crippen LogP contribution in [0.25, 0.3) is 0 Å². The molecule has 0 aromatic rings. The molecule has 3 fully saturated rings. The smallest absolute Gasteiger partial charge is 0.333 e. The molecule has 6 nitrogen and oxygen atoms in total. The van der Waals surface area contributed by atoms with Crippen LogP contribution in [0.2, 0.25) is 0 Å². The first-order valence-corrected chi connectivity index (χ1v) is 7.20. The Bertz CT molecular complexity index is 510. The lowest BCUT2D eigenvalue weighted by molar-refractivity contribution is -0.163. The van der Waals surface area contributed by atoms with Gasteiger partial charge >= 0.3 is 17.9 Å². The van der Waals surface area contributed by atoms with Gasteiger partial charge in [0.15, 0.2) is 0 Å². The van der Waals surface area contributed by atoms with Crippen molar-refractivity contribution < 1.29 is 28.6 Å². The van der Waals surface area contributed by atoms with E-state index in [2.05, 4.69) is 6.58 Å². The molecule has 114 valence electrons. The zero-order chi connectivity index (χ0) is 15.1. The Hall–Kier alpha value is -1.85. The summed E-state index contributed by atoms with van der Waals surface area (Å²) in [5, 5.41) is 0. The van der Waals surface area contributed by atoms with Gasteiger partial charge in [-0.3, -0.25) is 9.59 Å². The average molecular weight is 294 g/mol. The molecule has 0 amide bonds. The maximum absolute atomic E-state index is 11.8. The van der Waals surface area contributed by atoms with Gasteiger partial charge in [-0.2, -0.15) is 0 Å². The molecule has 1 heterocycles. The first-order valence-electron chi connectivity index (χ1n) is 7.20. The monoisotopic (exact) mass is 294 g/mol. The van der Waals surface area contributed by atoms with Crippen LogP contribution in [0.3, 0.4) is 0 Å². The van der Waals surface area contributed by atoms with E-state index >= 15 is 0 Å². The van der Waals surface area contributed by atoms with Crippen LogP contribution in [0.5, 0.6) is 0 Å². The number of carbonyl (C=O) groups is 3. The molecule has 3 aliphatic rings. The van der Waals surface area contributed by atoms with Gasteiger partial charge in [-0.05, 0) is 19.8 Å². The summed E-state index contributed by atoms with van der Waals surface area (Å²) in [6, 6.07) is 0. The molecule has 1 saturated heterocycles. The molecule has 21 heavy (non-hydrogen) atoms. The summed E-state index contributed by atoms with van der Waals surface area (Å²) >= 11 is 0. The second-order valence-corrected chi connectivity index (χ2v) is 6.02. The summed E-state index contributed by atoms with van der Waals surface area (Å²) in [5.41, 5.74) is 0.292. The van der Waals surface area contributed by atoms with Crippen LogP contribution in [0.1, 0.15) is 26.2 Å². The van der Waals surface area contributed by atoms with E-state index in [9.17, 15) is 14.4 Å². The van der Waals surface area contributed by atoms with E-state index in [1.165, 1.54) is 0 Å². The molecule has 2 aliphatic carbocycles. The third-order valence-electron chi connectivity index (χ3n) is 4.57. The van der Waals surface area contributed by atoms with Crippen molar-refractivity contribution in [2.45, 2.75) is 38.4 Å². The van der Waals surface area contributed by atoms with E-state index < -0.39 is 11.9 Å². The number of ether oxygens (including phenoxy) is 3. The number of carbonyl (C=O) groups excluding carboxylic acids is 3. The number of hydrogen-bond donors (Lipinski definition) is 0. The predicted molar refractivity (Wildman–Crippen MR) is 69.9 cm³/mol. The van der Waals surface area contributed by atoms with E-state index in [0.717, 1.165) is 12.8 Å². The number of rotatable bonds is 5. The molecule has 6 heteroatoms. The maximum Gasteiger partial charge on any atom is 0.333 e. The standard InChI is InChI=1S/C15H18O6/c1-7(2)14(17)19-4-3-11(16)20-12-8-5-9-10(6-8)15(18)21-13(9)12/h8-10,12-13H,1,3-6H2,2H3. The molecule has 3 rings (SSSR count). The van der Waals surface area contributed by atoms with Gasteiger partial charge in [0.25, 0.3) is 0 Å². The van der Waals surface area contributed by atoms with E-state index in [0.29, 0.717) is 5.57 Å². The molecular weight excluding hydrogens is 276 g/mol. The molecule has 0 spiro atoms. The molecule has 2 saturated carbocycles. The fraction of sp³-hybridized carbons (Fsp3) is 0.667. The van der Waals surface area contributed by atoms with Crippen LogP contribution in [-0.2, 0) is 28.6 Å². The minimum atomic E-state index is -0.518. The van der Waals surface area contributed by atoms with Gasteiger partial charge in [0.1, 0.15) is 18.8 Å². The number of esters is 3. The summed E-state index contributed by atoms with van der Waals surface area (Å²) in [7, 11) is 0. The first kappa shape index (κ1) is 14.1. The Balaban J connectivity index is 1.47. The van der Waals surface area contributed by atoms with Crippen LogP contribution in [0.4, 0.5) is 0 Å². The van der Waals surface area contributed by atoms with E-state index in [-0.39, 0.29) is 49.0 Å². The van der Waals surface area contributed by atoms with E-state index in [1.54, 1.807) is 6.92 Å². The molecule has 5 atom stereocenters. The van der Waals surface area contributed by atoms with Gasteiger partial charge in [-0.1, -0.05) is 6.58 Å². The van der Waals surface area contributed by atoms with E-state index in [1.807, 2.05) is 0 Å². The first-order chi connectivity index (χ1) is 9.97. The van der Waals surface area contributed by atoms with Crippen LogP contribution < -0.4 is 0 Å². The largest absolute Gasteiger partial charge is 0.462 e. The summed E-state index contributed by atoms with van der Waals surface area (Å²) < 4.78 is 15.6. The molecule has 0 aromatic heterocycles. The maximum atomic E-state index is 11.8. The summed E-state index contributed by atoms with van der Waals surface area (Å²) in [4.78, 5) is 34.6. The molecular formula is C15H18O6. The van der Waals surface area contributed by atoms with Gasteiger partial charge in [0, 0.05) is 17.4 Å². The third kappa shape index (κ3) is 2.43. The SMILES string of the molecule is C=C(C)C(=O)OCCC(=O)OC1C2CC3C(=O)OC1C3C2. The molecule has 0 radical (unpaired) electrons. The van der Waals surface area contributed by atoms with Gasteiger partial charge in [0.2, 0.25) is 0 Å². The number of hydrogen-bond acceptors (Lipinski definition) is 6. The molecule has 0 aromatic carbocycles. The van der Waals surface area contributed by atoms with Gasteiger partial charge in [-0.25, -0.2) is 4.79 Å². The average Bonchev–Trinajstić information content (AvgIpc) is 3.03. The highest BCUT2D eigenvalue weighted by Crippen LogP contribution is 2.55. The zero-order valence-electron chi connectivity index (χ0n) is 11.9. The minimum Gasteiger partial charge on any atom is -0.462 e. The Morgan fingerprint density at radius 2 is 2.14 bits per heavy atom. The van der Waals surface area contributed by atoms with E-state index in [4.69, 9.17) is 14.2 Å². The Morgan fingerprint density at radius 3 is 2.86 bits per heavy atom. The lowest BCUT2D eigenvalue weighted by Crippen LogP contribution is -2.36. The highest BCUT2D eigenvalue weighted by molar-refractivity contribution is 5.87. The molecule has 1 aliphatic heterocycles. The van der Waals surface area contributed by atoms with Crippen molar-refractivity contribution in [3.05, 3.63) is 12.2 Å². The summed E-state index contributed by atoms with van der Waals surface area (Å²) in [6.07, 6.45) is 1.04. The van der Waals surface area contributed by atoms with Crippen molar-refractivity contribution in [2.24, 2.45) is 17.8 Å². The Morgan fingerprint density at radius 1 is 1.38 bits per heavy atom. The van der Waals surface area contributed by atoms with Crippen molar-refractivity contribution in [3.63, 3.8) is 0 Å². The molecule has 5 unspecified atom stereocenters.